The summed E-state index contributed by atoms with van der Waals surface area (Å²) in [4.78, 5) is 20.1. The summed E-state index contributed by atoms with van der Waals surface area (Å²) in [6.07, 6.45) is 16.2. The van der Waals surface area contributed by atoms with Crippen molar-refractivity contribution in [2.24, 2.45) is 5.73 Å². The molecule has 202 valence electrons. The first-order chi connectivity index (χ1) is 15.9. The minimum atomic E-state index is -4.18. The van der Waals surface area contributed by atoms with Crippen LogP contribution in [-0.4, -0.2) is 78.6 Å². The van der Waals surface area contributed by atoms with Gasteiger partial charge in [0.15, 0.2) is 0 Å². The van der Waals surface area contributed by atoms with Crippen LogP contribution in [0, 0.1) is 0 Å². The summed E-state index contributed by atoms with van der Waals surface area (Å²) in [5, 5.41) is 18.7. The molecule has 9 nitrogen and oxygen atoms in total. The maximum atomic E-state index is 11.9. The van der Waals surface area contributed by atoms with Crippen molar-refractivity contribution in [3.05, 3.63) is 12.2 Å². The van der Waals surface area contributed by atoms with E-state index in [4.69, 9.17) is 19.9 Å². The van der Waals surface area contributed by atoms with Crippen LogP contribution in [0.15, 0.2) is 12.2 Å². The van der Waals surface area contributed by atoms with Gasteiger partial charge < -0.3 is 25.3 Å². The van der Waals surface area contributed by atoms with Crippen molar-refractivity contribution in [1.29, 1.82) is 0 Å². The van der Waals surface area contributed by atoms with Gasteiger partial charge in [-0.25, -0.2) is 4.57 Å². The summed E-state index contributed by atoms with van der Waals surface area (Å²) < 4.78 is 22.3. The fraction of sp³-hybridized carbons (Fsp3) is 0.875. The number of carbonyl (C=O) groups is 1. The Hall–Kier alpha value is -0.800. The molecule has 3 atom stereocenters. The highest BCUT2D eigenvalue weighted by Gasteiger charge is 2.25. The van der Waals surface area contributed by atoms with E-state index in [9.17, 15) is 19.4 Å². The summed E-state index contributed by atoms with van der Waals surface area (Å²) in [6.45, 7) is 0.375. The maximum Gasteiger partial charge on any atom is 0.472 e. The number of quaternary nitrogens is 1. The zero-order valence-corrected chi connectivity index (χ0v) is 22.5. The molecule has 0 spiro atoms. The van der Waals surface area contributed by atoms with Crippen molar-refractivity contribution >= 4 is 13.8 Å². The number of nitrogens with two attached hydrogens (primary N) is 1. The Morgan fingerprint density at radius 1 is 0.941 bits per heavy atom. The third-order valence-corrected chi connectivity index (χ3v) is 6.46. The maximum absolute atomic E-state index is 11.9. The Bertz CT molecular complexity index is 596. The van der Waals surface area contributed by atoms with Gasteiger partial charge in [-0.3, -0.25) is 13.8 Å². The topological polar surface area (TPSA) is 139 Å². The lowest BCUT2D eigenvalue weighted by molar-refractivity contribution is -0.870. The quantitative estimate of drug-likeness (QED) is 0.0695. The number of unbranched alkanes of at least 4 members (excludes halogenated alkanes) is 11. The third-order valence-electron chi connectivity index (χ3n) is 5.48. The molecule has 0 aromatic rings. The van der Waals surface area contributed by atoms with Crippen LogP contribution in [0.3, 0.4) is 0 Å². The lowest BCUT2D eigenvalue weighted by Gasteiger charge is -2.24. The summed E-state index contributed by atoms with van der Waals surface area (Å²) in [6, 6.07) is -0.809. The number of likely N-dealkylation sites (N-methyl/N-ethyl adjacent to an activating group) is 1. The smallest absolute Gasteiger partial charge is 0.472 e. The van der Waals surface area contributed by atoms with Crippen LogP contribution >= 0.6 is 7.82 Å². The third kappa shape index (κ3) is 23.0. The Balaban J connectivity index is 3.67. The van der Waals surface area contributed by atoms with E-state index in [1.54, 1.807) is 6.08 Å². The molecule has 0 rings (SSSR count). The van der Waals surface area contributed by atoms with E-state index in [1.807, 2.05) is 27.2 Å². The number of aliphatic hydroxyl groups excluding tert-OH is 1. The molecule has 0 saturated heterocycles. The molecule has 5 N–H and O–H groups in total. The molecule has 0 bridgehead atoms. The number of nitrogens with zero attached hydrogens (tertiary/aromatic N) is 1. The first kappa shape index (κ1) is 33.2. The van der Waals surface area contributed by atoms with Gasteiger partial charge in [-0.2, -0.15) is 0 Å². The second-order valence-corrected chi connectivity index (χ2v) is 11.5. The number of aliphatic hydroxyl groups is 1. The zero-order chi connectivity index (χ0) is 25.9. The van der Waals surface area contributed by atoms with E-state index in [-0.39, 0.29) is 19.6 Å². The van der Waals surface area contributed by atoms with E-state index >= 15 is 0 Å². The van der Waals surface area contributed by atoms with Gasteiger partial charge in [0.1, 0.15) is 13.2 Å². The van der Waals surface area contributed by atoms with Crippen molar-refractivity contribution in [3.8, 4) is 0 Å². The first-order valence-corrected chi connectivity index (χ1v) is 14.2. The van der Waals surface area contributed by atoms with Crippen molar-refractivity contribution < 1.29 is 38.0 Å². The highest BCUT2D eigenvalue weighted by atomic mass is 31.2. The highest BCUT2D eigenvalue weighted by Crippen LogP contribution is 2.43. The second kappa shape index (κ2) is 19.4. The average Bonchev–Trinajstić information content (AvgIpc) is 2.73. The number of rotatable bonds is 23. The normalized spacial score (nSPS) is 15.9. The summed E-state index contributed by atoms with van der Waals surface area (Å²) in [5.74, 6) is -0.701. The van der Waals surface area contributed by atoms with E-state index in [2.05, 4.69) is 0 Å². The molecule has 0 aliphatic rings. The van der Waals surface area contributed by atoms with Gasteiger partial charge in [0.2, 0.25) is 0 Å². The summed E-state index contributed by atoms with van der Waals surface area (Å²) >= 11 is 0. The molecule has 0 fully saturated rings. The predicted octanol–water partition coefficient (Wildman–Crippen LogP) is 4.23. The lowest BCUT2D eigenvalue weighted by Crippen LogP contribution is -2.38. The molecule has 0 radical (unpaired) electrons. The Morgan fingerprint density at radius 2 is 1.44 bits per heavy atom. The molecule has 0 aromatic carbocycles. The summed E-state index contributed by atoms with van der Waals surface area (Å²) in [7, 11) is 1.66. The SMILES string of the molecule is C[N+](C)(C)CCOP(=O)(O)OCC(N)C(O)/C=C/CCCCCCCCCCCCCC(=O)O. The molecular weight excluding hydrogens is 459 g/mol. The lowest BCUT2D eigenvalue weighted by atomic mass is 10.0. The van der Waals surface area contributed by atoms with Crippen molar-refractivity contribution in [1.82, 2.24) is 0 Å². The fourth-order valence-electron chi connectivity index (χ4n) is 3.25. The van der Waals surface area contributed by atoms with E-state index in [0.29, 0.717) is 11.0 Å². The van der Waals surface area contributed by atoms with Crippen LogP contribution in [0.25, 0.3) is 0 Å². The van der Waals surface area contributed by atoms with Crippen LogP contribution in [0.5, 0.6) is 0 Å². The molecule has 0 amide bonds. The standard InChI is InChI=1S/C24H49N2O7P/c1-26(2,3)19-20-32-34(30,31)33-21-22(25)23(27)17-15-13-11-9-7-5-4-6-8-10-12-14-16-18-24(28)29/h15,17,22-23,27H,4-14,16,18-21,25H2,1-3H3,(H-,28,29,30,31)/p+1/b17-15+. The van der Waals surface area contributed by atoms with E-state index < -0.39 is 25.9 Å². The van der Waals surface area contributed by atoms with Gasteiger partial charge in [0.25, 0.3) is 0 Å². The van der Waals surface area contributed by atoms with Gasteiger partial charge in [-0.1, -0.05) is 69.9 Å². The number of aliphatic carboxylic acids is 1. The predicted molar refractivity (Wildman–Crippen MR) is 135 cm³/mol. The van der Waals surface area contributed by atoms with Crippen LogP contribution in [0.4, 0.5) is 0 Å². The average molecular weight is 510 g/mol. The number of phosphoric ester groups is 1. The Morgan fingerprint density at radius 3 is 1.94 bits per heavy atom. The van der Waals surface area contributed by atoms with Gasteiger partial charge in [-0.05, 0) is 19.3 Å². The number of carboxylic acids is 1. The molecule has 0 heterocycles. The van der Waals surface area contributed by atoms with Crippen LogP contribution in [0.2, 0.25) is 0 Å². The Labute approximate surface area is 206 Å². The van der Waals surface area contributed by atoms with Crippen molar-refractivity contribution in [2.75, 3.05) is 40.9 Å². The number of phosphoric acid groups is 1. The molecular formula is C24H50N2O7P+. The zero-order valence-electron chi connectivity index (χ0n) is 21.6. The number of hydrogen-bond donors (Lipinski definition) is 4. The van der Waals surface area contributed by atoms with Gasteiger partial charge in [0.05, 0.1) is 39.9 Å². The van der Waals surface area contributed by atoms with Gasteiger partial charge in [-0.15, -0.1) is 0 Å². The van der Waals surface area contributed by atoms with E-state index in [0.717, 1.165) is 38.5 Å². The summed E-state index contributed by atoms with van der Waals surface area (Å²) in [5.41, 5.74) is 5.85. The molecule has 34 heavy (non-hydrogen) atoms. The number of hydrogen-bond acceptors (Lipinski definition) is 6. The van der Waals surface area contributed by atoms with Gasteiger partial charge in [0, 0.05) is 6.42 Å². The number of allylic oxidation sites excluding steroid dienone is 1. The minimum Gasteiger partial charge on any atom is -0.481 e. The van der Waals surface area contributed by atoms with Crippen LogP contribution in [0.1, 0.15) is 83.5 Å². The van der Waals surface area contributed by atoms with Gasteiger partial charge >= 0.3 is 13.8 Å². The van der Waals surface area contributed by atoms with Crippen LogP contribution in [-0.2, 0) is 18.4 Å². The molecule has 0 saturated carbocycles. The molecule has 0 aromatic heterocycles. The van der Waals surface area contributed by atoms with E-state index in [1.165, 1.54) is 38.5 Å². The van der Waals surface area contributed by atoms with Crippen molar-refractivity contribution in [2.45, 2.75) is 95.6 Å². The monoisotopic (exact) mass is 509 g/mol. The van der Waals surface area contributed by atoms with Crippen molar-refractivity contribution in [3.63, 3.8) is 0 Å². The molecule has 10 heteroatoms. The minimum absolute atomic E-state index is 0.0884. The molecule has 0 aliphatic carbocycles. The first-order valence-electron chi connectivity index (χ1n) is 12.7. The molecule has 3 unspecified atom stereocenters. The fourth-order valence-corrected chi connectivity index (χ4v) is 4.00. The molecule has 0 aliphatic heterocycles. The van der Waals surface area contributed by atoms with Crippen LogP contribution < -0.4 is 5.73 Å². The largest absolute Gasteiger partial charge is 0.481 e. The Kier molecular flexibility index (Phi) is 18.9. The second-order valence-electron chi connectivity index (χ2n) is 10.0. The highest BCUT2D eigenvalue weighted by molar-refractivity contribution is 7.47. The number of carboxylic acid groups (broad SMARTS) is 1.